The van der Waals surface area contributed by atoms with Crippen molar-refractivity contribution in [3.63, 3.8) is 0 Å². The highest BCUT2D eigenvalue weighted by atomic mass is 16.7. The fourth-order valence-electron chi connectivity index (χ4n) is 5.14. The maximum Gasteiger partial charge on any atom is 0.519 e. The third-order valence-corrected chi connectivity index (χ3v) is 7.00. The number of carbonyl (C=O) groups is 4. The number of benzene rings is 4. The van der Waals surface area contributed by atoms with Gasteiger partial charge in [0.2, 0.25) is 11.6 Å². The van der Waals surface area contributed by atoms with Crippen LogP contribution in [0.5, 0.6) is 11.5 Å². The van der Waals surface area contributed by atoms with E-state index in [1.165, 1.54) is 0 Å². The van der Waals surface area contributed by atoms with Gasteiger partial charge in [-0.25, -0.2) is 9.59 Å². The van der Waals surface area contributed by atoms with E-state index in [4.69, 9.17) is 18.9 Å². The van der Waals surface area contributed by atoms with Crippen LogP contribution in [0, 0.1) is 20.8 Å². The maximum absolute atomic E-state index is 14.1. The van der Waals surface area contributed by atoms with E-state index in [1.807, 2.05) is 26.0 Å². The van der Waals surface area contributed by atoms with Crippen molar-refractivity contribution in [1.82, 2.24) is 0 Å². The quantitative estimate of drug-likeness (QED) is 0.271. The first-order valence-electron chi connectivity index (χ1n) is 13.4. The molecule has 0 spiro atoms. The molecule has 0 saturated carbocycles. The van der Waals surface area contributed by atoms with Gasteiger partial charge in [-0.2, -0.15) is 0 Å². The van der Waals surface area contributed by atoms with Crippen LogP contribution in [-0.2, 0) is 19.1 Å². The highest BCUT2D eigenvalue weighted by Gasteiger charge is 2.37. The van der Waals surface area contributed by atoms with Crippen LogP contribution < -0.4 is 30.3 Å². The Bertz CT molecular complexity index is 2140. The summed E-state index contributed by atoms with van der Waals surface area (Å²) in [7, 11) is 0. The van der Waals surface area contributed by atoms with Gasteiger partial charge in [0.15, 0.2) is 11.5 Å². The SMILES string of the molecule is Cc1cccc(OC(=O)OC2=c3ccccc3=C3C(=O)C(OC(=O)Oc4cccc(C)c4)=c4cc(C)ccc4=C3C2=O)c1. The van der Waals surface area contributed by atoms with E-state index in [-0.39, 0.29) is 44.6 Å². The molecule has 8 heteroatoms. The average Bonchev–Trinajstić information content (AvgIpc) is 2.96. The standard InChI is InChI=1S/C35H24O8/c1-19-8-6-10-22(16-19)40-34(38)42-32-26-13-5-4-12-24(26)28-29(30(32)36)25-15-14-21(3)18-27(25)33(31(28)37)43-35(39)41-23-11-7-9-20(2)17-23/h4-18H,1-3H3. The van der Waals surface area contributed by atoms with Crippen LogP contribution in [0.25, 0.3) is 22.7 Å². The molecule has 0 atom stereocenters. The topological polar surface area (TPSA) is 105 Å². The first-order chi connectivity index (χ1) is 20.7. The van der Waals surface area contributed by atoms with Gasteiger partial charge in [0.1, 0.15) is 11.5 Å². The van der Waals surface area contributed by atoms with Crippen molar-refractivity contribution in [2.45, 2.75) is 20.8 Å². The molecule has 43 heavy (non-hydrogen) atoms. The molecule has 8 nitrogen and oxygen atoms in total. The van der Waals surface area contributed by atoms with E-state index >= 15 is 0 Å². The van der Waals surface area contributed by atoms with Crippen molar-refractivity contribution >= 4 is 46.5 Å². The van der Waals surface area contributed by atoms with Crippen molar-refractivity contribution in [3.8, 4) is 11.5 Å². The fraction of sp³-hybridized carbons (Fsp3) is 0.0857. The van der Waals surface area contributed by atoms with Crippen LogP contribution in [0.2, 0.25) is 0 Å². The second-order valence-corrected chi connectivity index (χ2v) is 10.2. The van der Waals surface area contributed by atoms with E-state index in [1.54, 1.807) is 85.8 Å². The molecule has 0 saturated heterocycles. The molecule has 2 aliphatic carbocycles. The van der Waals surface area contributed by atoms with Crippen molar-refractivity contribution in [2.75, 3.05) is 0 Å². The molecule has 0 aromatic heterocycles. The minimum Gasteiger partial charge on any atom is -0.395 e. The minimum atomic E-state index is -1.10. The smallest absolute Gasteiger partial charge is 0.395 e. The van der Waals surface area contributed by atoms with Crippen LogP contribution in [0.1, 0.15) is 16.7 Å². The molecule has 0 heterocycles. The molecule has 212 valence electrons. The maximum atomic E-state index is 14.1. The van der Waals surface area contributed by atoms with Crippen LogP contribution in [0.3, 0.4) is 0 Å². The van der Waals surface area contributed by atoms with Crippen molar-refractivity contribution in [3.05, 3.63) is 129 Å². The lowest BCUT2D eigenvalue weighted by Crippen LogP contribution is -2.48. The lowest BCUT2D eigenvalue weighted by atomic mass is 9.83. The second-order valence-electron chi connectivity index (χ2n) is 10.2. The normalized spacial score (nSPS) is 13.6. The highest BCUT2D eigenvalue weighted by molar-refractivity contribution is 6.58. The second kappa shape index (κ2) is 10.9. The summed E-state index contributed by atoms with van der Waals surface area (Å²) in [6.45, 7) is 5.50. The van der Waals surface area contributed by atoms with Gasteiger partial charge in [0.25, 0.3) is 0 Å². The summed E-state index contributed by atoms with van der Waals surface area (Å²) in [4.78, 5) is 53.8. The van der Waals surface area contributed by atoms with Gasteiger partial charge in [0.05, 0.1) is 0 Å². The van der Waals surface area contributed by atoms with Gasteiger partial charge < -0.3 is 18.9 Å². The molecule has 4 aromatic carbocycles. The Hall–Kier alpha value is -5.76. The fourth-order valence-corrected chi connectivity index (χ4v) is 5.14. The molecule has 0 unspecified atom stereocenters. The monoisotopic (exact) mass is 572 g/mol. The number of ether oxygens (including phenoxy) is 4. The molecular weight excluding hydrogens is 548 g/mol. The zero-order chi connectivity index (χ0) is 30.2. The molecule has 0 amide bonds. The molecule has 4 aromatic rings. The van der Waals surface area contributed by atoms with Crippen LogP contribution in [0.15, 0.2) is 91.0 Å². The third-order valence-electron chi connectivity index (χ3n) is 7.00. The van der Waals surface area contributed by atoms with E-state index in [2.05, 4.69) is 0 Å². The summed E-state index contributed by atoms with van der Waals surface area (Å²) in [5.41, 5.74) is 2.55. The minimum absolute atomic E-state index is 0.0229. The van der Waals surface area contributed by atoms with Gasteiger partial charge in [-0.1, -0.05) is 66.2 Å². The Morgan fingerprint density at radius 2 is 0.930 bits per heavy atom. The summed E-state index contributed by atoms with van der Waals surface area (Å²) in [6.07, 6.45) is -2.20. The number of rotatable bonds is 4. The van der Waals surface area contributed by atoms with Gasteiger partial charge in [-0.05, 0) is 72.7 Å². The van der Waals surface area contributed by atoms with E-state index in [0.29, 0.717) is 10.4 Å². The van der Waals surface area contributed by atoms with Gasteiger partial charge in [0, 0.05) is 21.6 Å². The average molecular weight is 573 g/mol. The van der Waals surface area contributed by atoms with Crippen LogP contribution in [0.4, 0.5) is 9.59 Å². The summed E-state index contributed by atoms with van der Waals surface area (Å²) in [6, 6.07) is 25.3. The predicted octanol–water partition coefficient (Wildman–Crippen LogP) is 3.43. The predicted molar refractivity (Wildman–Crippen MR) is 156 cm³/mol. The molecule has 0 bridgehead atoms. The van der Waals surface area contributed by atoms with E-state index < -0.39 is 23.9 Å². The van der Waals surface area contributed by atoms with Gasteiger partial charge in [-0.3, -0.25) is 9.59 Å². The van der Waals surface area contributed by atoms with E-state index in [0.717, 1.165) is 16.7 Å². The molecule has 0 radical (unpaired) electrons. The lowest BCUT2D eigenvalue weighted by molar-refractivity contribution is -0.112. The van der Waals surface area contributed by atoms with Crippen LogP contribution in [-0.4, -0.2) is 23.9 Å². The number of ketones is 2. The molecule has 2 aliphatic rings. The highest BCUT2D eigenvalue weighted by Crippen LogP contribution is 2.27. The van der Waals surface area contributed by atoms with Gasteiger partial charge >= 0.3 is 12.3 Å². The number of aryl methyl sites for hydroxylation is 3. The molecule has 0 fully saturated rings. The van der Waals surface area contributed by atoms with Crippen molar-refractivity contribution in [2.24, 2.45) is 0 Å². The van der Waals surface area contributed by atoms with Crippen LogP contribution >= 0.6 is 0 Å². The molecular formula is C35H24O8. The zero-order valence-electron chi connectivity index (χ0n) is 23.4. The molecule has 6 rings (SSSR count). The largest absolute Gasteiger partial charge is 0.519 e. The third kappa shape index (κ3) is 5.22. The molecule has 0 N–H and O–H groups in total. The van der Waals surface area contributed by atoms with Gasteiger partial charge in [-0.15, -0.1) is 0 Å². The number of fused-ring (bicyclic) bond motifs is 3. The van der Waals surface area contributed by atoms with Crippen molar-refractivity contribution in [1.29, 1.82) is 0 Å². The lowest BCUT2D eigenvalue weighted by Gasteiger charge is -2.22. The molecule has 0 aliphatic heterocycles. The van der Waals surface area contributed by atoms with E-state index in [9.17, 15) is 19.2 Å². The Kier molecular flexibility index (Phi) is 6.95. The first-order valence-corrected chi connectivity index (χ1v) is 13.4. The Balaban J connectivity index is 1.48. The van der Waals surface area contributed by atoms with Crippen molar-refractivity contribution < 1.29 is 38.1 Å². The Labute approximate surface area is 245 Å². The number of hydrogen-bond donors (Lipinski definition) is 0. The number of carbonyl (C=O) groups excluding carboxylic acids is 4. The summed E-state index contributed by atoms with van der Waals surface area (Å²) in [5, 5.41) is 1.13. The Morgan fingerprint density at radius 1 is 0.465 bits per heavy atom. The zero-order valence-corrected chi connectivity index (χ0v) is 23.4. The summed E-state index contributed by atoms with van der Waals surface area (Å²) >= 11 is 0. The Morgan fingerprint density at radius 3 is 1.47 bits per heavy atom. The number of Topliss-reactive ketones (excluding diaryl/α,β-unsaturated/α-hetero) is 2. The number of hydrogen-bond acceptors (Lipinski definition) is 8. The summed E-state index contributed by atoms with van der Waals surface area (Å²) in [5.74, 6) is -1.42. The summed E-state index contributed by atoms with van der Waals surface area (Å²) < 4.78 is 21.7. The first kappa shape index (κ1) is 27.4.